The molecule has 1 aliphatic rings. The number of hydrogen-bond acceptors (Lipinski definition) is 5. The molecule has 0 aromatic carbocycles. The van der Waals surface area contributed by atoms with Crippen molar-refractivity contribution in [1.29, 1.82) is 0 Å². The number of amides is 2. The van der Waals surface area contributed by atoms with Crippen LogP contribution in [0.4, 0.5) is 4.79 Å². The molecule has 8 heteroatoms. The summed E-state index contributed by atoms with van der Waals surface area (Å²) in [6.07, 6.45) is 0.552. The third kappa shape index (κ3) is 4.10. The van der Waals surface area contributed by atoms with Crippen LogP contribution in [-0.4, -0.2) is 57.1 Å². The largest absolute Gasteiger partial charge is 0.476 e. The van der Waals surface area contributed by atoms with Crippen LogP contribution < -0.4 is 5.32 Å². The molecular weight excluding hydrogens is 310 g/mol. The van der Waals surface area contributed by atoms with E-state index in [4.69, 9.17) is 5.11 Å². The van der Waals surface area contributed by atoms with Gasteiger partial charge in [0.25, 0.3) is 0 Å². The zero-order valence-corrected chi connectivity index (χ0v) is 13.7. The van der Waals surface area contributed by atoms with Gasteiger partial charge in [0, 0.05) is 41.9 Å². The van der Waals surface area contributed by atoms with Gasteiger partial charge in [-0.25, -0.2) is 14.6 Å². The molecule has 0 radical (unpaired) electrons. The van der Waals surface area contributed by atoms with Crippen molar-refractivity contribution < 1.29 is 14.7 Å². The Balaban J connectivity index is 1.79. The van der Waals surface area contributed by atoms with Crippen LogP contribution in [-0.2, 0) is 6.42 Å². The summed E-state index contributed by atoms with van der Waals surface area (Å²) in [5.41, 5.74) is 0.0665. The molecule has 1 aromatic heterocycles. The van der Waals surface area contributed by atoms with E-state index in [9.17, 15) is 9.59 Å². The second-order valence-corrected chi connectivity index (χ2v) is 7.35. The molecule has 1 saturated heterocycles. The summed E-state index contributed by atoms with van der Waals surface area (Å²) in [4.78, 5) is 28.8. The van der Waals surface area contributed by atoms with Gasteiger partial charge < -0.3 is 15.3 Å². The highest BCUT2D eigenvalue weighted by molar-refractivity contribution is 8.00. The zero-order valence-electron chi connectivity index (χ0n) is 12.0. The van der Waals surface area contributed by atoms with Gasteiger partial charge in [-0.2, -0.15) is 11.8 Å². The molecule has 0 aliphatic carbocycles. The van der Waals surface area contributed by atoms with E-state index in [0.717, 1.165) is 17.3 Å². The van der Waals surface area contributed by atoms with Gasteiger partial charge >= 0.3 is 12.0 Å². The first-order chi connectivity index (χ1) is 9.99. The molecule has 0 spiro atoms. The SMILES string of the molecule is CC1SCCN(C(=O)NCCc2nc(C(=O)O)cs2)C1C. The number of carbonyl (C=O) groups excluding carboxylic acids is 1. The highest BCUT2D eigenvalue weighted by atomic mass is 32.2. The highest BCUT2D eigenvalue weighted by Crippen LogP contribution is 2.24. The molecule has 6 nitrogen and oxygen atoms in total. The first-order valence-corrected chi connectivity index (χ1v) is 8.75. The van der Waals surface area contributed by atoms with E-state index in [2.05, 4.69) is 24.1 Å². The van der Waals surface area contributed by atoms with Crippen molar-refractivity contribution in [3.05, 3.63) is 16.1 Å². The fourth-order valence-electron chi connectivity index (χ4n) is 2.12. The predicted octanol–water partition coefficient (Wildman–Crippen LogP) is 1.92. The molecule has 2 N–H and O–H groups in total. The molecule has 2 rings (SSSR count). The van der Waals surface area contributed by atoms with Gasteiger partial charge in [-0.15, -0.1) is 11.3 Å². The molecule has 1 fully saturated rings. The van der Waals surface area contributed by atoms with Crippen LogP contribution in [0, 0.1) is 0 Å². The molecule has 21 heavy (non-hydrogen) atoms. The normalized spacial score (nSPS) is 22.1. The number of rotatable bonds is 4. The lowest BCUT2D eigenvalue weighted by Gasteiger charge is -2.37. The monoisotopic (exact) mass is 329 g/mol. The van der Waals surface area contributed by atoms with Gasteiger partial charge in [-0.3, -0.25) is 0 Å². The average molecular weight is 329 g/mol. The number of aromatic carboxylic acids is 1. The van der Waals surface area contributed by atoms with Crippen LogP contribution in [0.2, 0.25) is 0 Å². The van der Waals surface area contributed by atoms with E-state index >= 15 is 0 Å². The minimum Gasteiger partial charge on any atom is -0.476 e. The molecule has 2 amide bonds. The summed E-state index contributed by atoms with van der Waals surface area (Å²) in [6, 6.07) is 0.173. The maximum Gasteiger partial charge on any atom is 0.355 e. The second kappa shape index (κ2) is 7.13. The quantitative estimate of drug-likeness (QED) is 0.882. The van der Waals surface area contributed by atoms with Gasteiger partial charge in [-0.05, 0) is 6.92 Å². The summed E-state index contributed by atoms with van der Waals surface area (Å²) in [5.74, 6) is -0.0527. The molecule has 116 valence electrons. The molecule has 0 bridgehead atoms. The Morgan fingerprint density at radius 1 is 1.52 bits per heavy atom. The number of carboxylic acid groups (broad SMARTS) is 1. The second-order valence-electron chi connectivity index (χ2n) is 4.92. The highest BCUT2D eigenvalue weighted by Gasteiger charge is 2.28. The third-order valence-electron chi connectivity index (χ3n) is 3.53. The Labute approximate surface area is 131 Å². The van der Waals surface area contributed by atoms with E-state index in [-0.39, 0.29) is 17.8 Å². The summed E-state index contributed by atoms with van der Waals surface area (Å²) >= 11 is 3.19. The number of nitrogens with zero attached hydrogens (tertiary/aromatic N) is 2. The molecule has 1 aromatic rings. The average Bonchev–Trinajstić information content (AvgIpc) is 2.91. The first-order valence-electron chi connectivity index (χ1n) is 6.83. The third-order valence-corrected chi connectivity index (χ3v) is 5.78. The maximum atomic E-state index is 12.2. The van der Waals surface area contributed by atoms with E-state index in [0.29, 0.717) is 18.2 Å². The summed E-state index contributed by atoms with van der Waals surface area (Å²) in [5, 5.41) is 14.4. The van der Waals surface area contributed by atoms with Gasteiger partial charge in [0.2, 0.25) is 0 Å². The summed E-state index contributed by atoms with van der Waals surface area (Å²) in [6.45, 7) is 5.44. The number of hydrogen-bond donors (Lipinski definition) is 2. The number of aromatic nitrogens is 1. The van der Waals surface area contributed by atoms with Gasteiger partial charge in [-0.1, -0.05) is 6.92 Å². The van der Waals surface area contributed by atoms with Gasteiger partial charge in [0.1, 0.15) is 0 Å². The Morgan fingerprint density at radius 2 is 2.29 bits per heavy atom. The minimum atomic E-state index is -1.02. The van der Waals surface area contributed by atoms with Crippen molar-refractivity contribution in [2.45, 2.75) is 31.6 Å². The van der Waals surface area contributed by atoms with Crippen molar-refractivity contribution in [2.75, 3.05) is 18.8 Å². The van der Waals surface area contributed by atoms with Crippen LogP contribution in [0.15, 0.2) is 5.38 Å². The van der Waals surface area contributed by atoms with E-state index in [1.165, 1.54) is 16.7 Å². The number of urea groups is 1. The Kier molecular flexibility index (Phi) is 5.46. The van der Waals surface area contributed by atoms with Crippen LogP contribution >= 0.6 is 23.1 Å². The lowest BCUT2D eigenvalue weighted by molar-refractivity contribution is 0.0691. The molecule has 2 atom stereocenters. The molecule has 1 aliphatic heterocycles. The number of thiazole rings is 1. The maximum absolute atomic E-state index is 12.2. The van der Waals surface area contributed by atoms with Crippen molar-refractivity contribution in [3.8, 4) is 0 Å². The first kappa shape index (κ1) is 16.1. The van der Waals surface area contributed by atoms with Crippen LogP contribution in [0.25, 0.3) is 0 Å². The fraction of sp³-hybridized carbons (Fsp3) is 0.615. The van der Waals surface area contributed by atoms with Crippen LogP contribution in [0.5, 0.6) is 0 Å². The lowest BCUT2D eigenvalue weighted by atomic mass is 10.2. The molecule has 2 unspecified atom stereocenters. The predicted molar refractivity (Wildman–Crippen MR) is 84.3 cm³/mol. The summed E-state index contributed by atoms with van der Waals surface area (Å²) in [7, 11) is 0. The standard InChI is InChI=1S/C13H19N3O3S2/c1-8-9(2)20-6-5-16(8)13(19)14-4-3-11-15-10(7-21-11)12(17)18/h7-9H,3-6H2,1-2H3,(H,14,19)(H,17,18). The van der Waals surface area contributed by atoms with Crippen molar-refractivity contribution in [3.63, 3.8) is 0 Å². The Morgan fingerprint density at radius 3 is 2.95 bits per heavy atom. The topological polar surface area (TPSA) is 82.5 Å². The lowest BCUT2D eigenvalue weighted by Crippen LogP contribution is -2.52. The van der Waals surface area contributed by atoms with Crippen LogP contribution in [0.1, 0.15) is 29.3 Å². The van der Waals surface area contributed by atoms with Gasteiger partial charge in [0.05, 0.1) is 5.01 Å². The molecule has 2 heterocycles. The number of carboxylic acids is 1. The number of thioether (sulfide) groups is 1. The zero-order chi connectivity index (χ0) is 15.4. The Bertz CT molecular complexity index is 521. The minimum absolute atomic E-state index is 0.0512. The fourth-order valence-corrected chi connectivity index (χ4v) is 3.99. The van der Waals surface area contributed by atoms with Crippen LogP contribution in [0.3, 0.4) is 0 Å². The van der Waals surface area contributed by atoms with Crippen molar-refractivity contribution in [2.24, 2.45) is 0 Å². The van der Waals surface area contributed by atoms with Gasteiger partial charge in [0.15, 0.2) is 5.69 Å². The smallest absolute Gasteiger partial charge is 0.355 e. The number of carbonyl (C=O) groups is 2. The van der Waals surface area contributed by atoms with E-state index < -0.39 is 5.97 Å². The van der Waals surface area contributed by atoms with Crippen molar-refractivity contribution in [1.82, 2.24) is 15.2 Å². The van der Waals surface area contributed by atoms with Crippen molar-refractivity contribution >= 4 is 35.1 Å². The van der Waals surface area contributed by atoms with E-state index in [1.807, 2.05) is 16.7 Å². The molecule has 0 saturated carbocycles. The Hall–Kier alpha value is -1.28. The van der Waals surface area contributed by atoms with E-state index in [1.54, 1.807) is 0 Å². The summed E-state index contributed by atoms with van der Waals surface area (Å²) < 4.78 is 0. The number of nitrogens with one attached hydrogen (secondary N) is 1. The molecular formula is C13H19N3O3S2.